The summed E-state index contributed by atoms with van der Waals surface area (Å²) in [4.78, 5) is 1.65. The maximum atomic E-state index is 2.29. The lowest BCUT2D eigenvalue weighted by molar-refractivity contribution is -0.955. The Bertz CT molecular complexity index is 248. The van der Waals surface area contributed by atoms with Gasteiger partial charge in [-0.2, -0.15) is 0 Å². The molecule has 15 heavy (non-hydrogen) atoms. The third kappa shape index (κ3) is 4.67. The average molecular weight is 228 g/mol. The summed E-state index contributed by atoms with van der Waals surface area (Å²) in [6.45, 7) is 10.3. The van der Waals surface area contributed by atoms with Crippen molar-refractivity contribution in [3.63, 3.8) is 0 Å². The highest BCUT2D eigenvalue weighted by Crippen LogP contribution is 1.96. The molecule has 1 rings (SSSR count). The van der Waals surface area contributed by atoms with Gasteiger partial charge >= 0.3 is 0 Å². The minimum absolute atomic E-state index is 0. The summed E-state index contributed by atoms with van der Waals surface area (Å²) in [6.07, 6.45) is 0. The van der Waals surface area contributed by atoms with Gasteiger partial charge < -0.3 is 17.3 Å². The Morgan fingerprint density at radius 1 is 0.933 bits per heavy atom. The fourth-order valence-corrected chi connectivity index (χ4v) is 1.91. The molecule has 1 aromatic rings. The van der Waals surface area contributed by atoms with E-state index in [1.165, 1.54) is 5.56 Å². The van der Waals surface area contributed by atoms with Crippen molar-refractivity contribution in [3.05, 3.63) is 35.9 Å². The van der Waals surface area contributed by atoms with Crippen molar-refractivity contribution in [1.29, 1.82) is 0 Å². The zero-order chi connectivity index (χ0) is 10.6. The van der Waals surface area contributed by atoms with Gasteiger partial charge in [0.15, 0.2) is 0 Å². The van der Waals surface area contributed by atoms with E-state index in [1.807, 2.05) is 0 Å². The Labute approximate surface area is 99.9 Å². The second-order valence-corrected chi connectivity index (χ2v) is 4.55. The van der Waals surface area contributed by atoms with Crippen LogP contribution in [-0.2, 0) is 6.54 Å². The molecule has 0 fully saturated rings. The summed E-state index contributed by atoms with van der Waals surface area (Å²) in [5, 5.41) is 0. The van der Waals surface area contributed by atoms with Crippen molar-refractivity contribution in [3.8, 4) is 0 Å². The molecule has 1 aromatic carbocycles. The lowest BCUT2D eigenvalue weighted by atomic mass is 10.1. The number of halogens is 1. The smallest absolute Gasteiger partial charge is 0.103 e. The molecule has 0 radical (unpaired) electrons. The zero-order valence-corrected chi connectivity index (χ0v) is 10.9. The molecule has 0 bridgehead atoms. The molecular weight excluding hydrogens is 206 g/mol. The Morgan fingerprint density at radius 3 is 1.80 bits per heavy atom. The highest BCUT2D eigenvalue weighted by atomic mass is 35.5. The summed E-state index contributed by atoms with van der Waals surface area (Å²) < 4.78 is 0. The zero-order valence-electron chi connectivity index (χ0n) is 10.1. The lowest BCUT2D eigenvalue weighted by Gasteiger charge is -2.27. The molecule has 0 spiro atoms. The van der Waals surface area contributed by atoms with E-state index < -0.39 is 0 Å². The molecule has 1 nitrogen and oxygen atoms in total. The van der Waals surface area contributed by atoms with E-state index in [4.69, 9.17) is 0 Å². The number of hydrogen-bond acceptors (Lipinski definition) is 0. The normalized spacial score (nSPS) is 10.9. The van der Waals surface area contributed by atoms with E-state index in [9.17, 15) is 0 Å². The minimum atomic E-state index is 0. The van der Waals surface area contributed by atoms with Crippen molar-refractivity contribution >= 4 is 0 Å². The van der Waals surface area contributed by atoms with E-state index in [1.54, 1.807) is 4.90 Å². The summed E-state index contributed by atoms with van der Waals surface area (Å²) in [5.41, 5.74) is 1.44. The molecule has 0 atom stereocenters. The molecule has 2 heteroatoms. The van der Waals surface area contributed by atoms with Crippen molar-refractivity contribution in [2.45, 2.75) is 46.3 Å². The Balaban J connectivity index is 0.00000196. The molecule has 0 aromatic heterocycles. The number of benzene rings is 1. The van der Waals surface area contributed by atoms with E-state index in [0.29, 0.717) is 12.1 Å². The fourth-order valence-electron chi connectivity index (χ4n) is 1.91. The summed E-state index contributed by atoms with van der Waals surface area (Å²) in [7, 11) is 0. The van der Waals surface area contributed by atoms with Crippen LogP contribution in [0.3, 0.4) is 0 Å². The molecule has 0 aliphatic carbocycles. The molecule has 0 amide bonds. The van der Waals surface area contributed by atoms with E-state index in [-0.39, 0.29) is 12.4 Å². The van der Waals surface area contributed by atoms with Crippen LogP contribution in [0.1, 0.15) is 33.3 Å². The fraction of sp³-hybridized carbons (Fsp3) is 0.538. The van der Waals surface area contributed by atoms with Gasteiger partial charge in [0.2, 0.25) is 0 Å². The monoisotopic (exact) mass is 227 g/mol. The standard InChI is InChI=1S/C13H21N.ClH/c1-11(2)14(12(3)4)10-13-8-6-5-7-9-13;/h5-9,11-12H,10H2,1-4H3;1H. The van der Waals surface area contributed by atoms with Gasteiger partial charge in [-0.25, -0.2) is 0 Å². The second kappa shape index (κ2) is 6.86. The van der Waals surface area contributed by atoms with Gasteiger partial charge in [-0.3, -0.25) is 0 Å². The number of rotatable bonds is 4. The van der Waals surface area contributed by atoms with Crippen LogP contribution < -0.4 is 17.3 Å². The maximum Gasteiger partial charge on any atom is 0.103 e. The predicted molar refractivity (Wildman–Crippen MR) is 61.4 cm³/mol. The highest BCUT2D eigenvalue weighted by molar-refractivity contribution is 5.13. The summed E-state index contributed by atoms with van der Waals surface area (Å²) in [5.74, 6) is 0. The van der Waals surface area contributed by atoms with Gasteiger partial charge in [-0.05, 0) is 27.7 Å². The summed E-state index contributed by atoms with van der Waals surface area (Å²) >= 11 is 0. The Hall–Kier alpha value is -0.530. The van der Waals surface area contributed by atoms with Crippen LogP contribution in [0, 0.1) is 0 Å². The second-order valence-electron chi connectivity index (χ2n) is 4.55. The molecular formula is C13H22ClN. The van der Waals surface area contributed by atoms with Gasteiger partial charge in [0.1, 0.15) is 6.54 Å². The average Bonchev–Trinajstić information content (AvgIpc) is 2.15. The van der Waals surface area contributed by atoms with E-state index in [0.717, 1.165) is 6.54 Å². The Kier molecular flexibility index (Phi) is 6.62. The van der Waals surface area contributed by atoms with Gasteiger partial charge in [0.25, 0.3) is 0 Å². The van der Waals surface area contributed by atoms with Gasteiger partial charge in [-0.15, -0.1) is 0 Å². The first kappa shape index (κ1) is 14.5. The van der Waals surface area contributed by atoms with Gasteiger partial charge in [0, 0.05) is 5.56 Å². The van der Waals surface area contributed by atoms with Crippen LogP contribution in [0.15, 0.2) is 30.3 Å². The third-order valence-electron chi connectivity index (χ3n) is 2.73. The first-order chi connectivity index (χ1) is 6.61. The van der Waals surface area contributed by atoms with Crippen LogP contribution in [-0.4, -0.2) is 12.1 Å². The van der Waals surface area contributed by atoms with Crippen LogP contribution in [0.4, 0.5) is 0 Å². The predicted octanol–water partition coefficient (Wildman–Crippen LogP) is -1.11. The quantitative estimate of drug-likeness (QED) is 0.666. The van der Waals surface area contributed by atoms with Crippen LogP contribution in [0.25, 0.3) is 0 Å². The van der Waals surface area contributed by atoms with E-state index in [2.05, 4.69) is 58.0 Å². The molecule has 0 heterocycles. The van der Waals surface area contributed by atoms with Gasteiger partial charge in [-0.1, -0.05) is 30.3 Å². The highest BCUT2D eigenvalue weighted by Gasteiger charge is 2.16. The molecule has 86 valence electrons. The summed E-state index contributed by atoms with van der Waals surface area (Å²) in [6, 6.07) is 12.1. The third-order valence-corrected chi connectivity index (χ3v) is 2.73. The largest absolute Gasteiger partial charge is 1.00 e. The van der Waals surface area contributed by atoms with Crippen molar-refractivity contribution in [1.82, 2.24) is 0 Å². The number of hydrogen-bond donors (Lipinski definition) is 1. The number of nitrogens with one attached hydrogen (secondary N) is 1. The topological polar surface area (TPSA) is 4.44 Å². The van der Waals surface area contributed by atoms with Crippen LogP contribution in [0.5, 0.6) is 0 Å². The molecule has 0 saturated heterocycles. The molecule has 0 saturated carbocycles. The van der Waals surface area contributed by atoms with Crippen molar-refractivity contribution in [2.24, 2.45) is 0 Å². The lowest BCUT2D eigenvalue weighted by Crippen LogP contribution is -3.16. The molecule has 0 aliphatic heterocycles. The van der Waals surface area contributed by atoms with Crippen LogP contribution >= 0.6 is 0 Å². The minimum Gasteiger partial charge on any atom is -1.00 e. The van der Waals surface area contributed by atoms with E-state index >= 15 is 0 Å². The first-order valence-corrected chi connectivity index (χ1v) is 5.50. The first-order valence-electron chi connectivity index (χ1n) is 5.50. The van der Waals surface area contributed by atoms with Gasteiger partial charge in [0.05, 0.1) is 12.1 Å². The van der Waals surface area contributed by atoms with Crippen molar-refractivity contribution < 1.29 is 17.3 Å². The molecule has 0 unspecified atom stereocenters. The van der Waals surface area contributed by atoms with Crippen molar-refractivity contribution in [2.75, 3.05) is 0 Å². The van der Waals surface area contributed by atoms with Crippen LogP contribution in [0.2, 0.25) is 0 Å². The molecule has 0 aliphatic rings. The molecule has 1 N–H and O–H groups in total. The SMILES string of the molecule is CC(C)[NH+](Cc1ccccc1)C(C)C.[Cl-]. The number of quaternary nitrogens is 1. The Morgan fingerprint density at radius 2 is 1.40 bits per heavy atom. The maximum absolute atomic E-state index is 2.29.